The summed E-state index contributed by atoms with van der Waals surface area (Å²) in [7, 11) is 1.57. The zero-order valence-electron chi connectivity index (χ0n) is 11.8. The first-order valence-corrected chi connectivity index (χ1v) is 6.73. The molecule has 0 saturated carbocycles. The fourth-order valence-corrected chi connectivity index (χ4v) is 2.73. The number of hydrogen-bond acceptors (Lipinski definition) is 4. The summed E-state index contributed by atoms with van der Waals surface area (Å²) in [5.41, 5.74) is 1.61. The molecule has 21 heavy (non-hydrogen) atoms. The number of furan rings is 1. The molecule has 1 aromatic carbocycles. The largest absolute Gasteiger partial charge is 0.493 e. The van der Waals surface area contributed by atoms with Gasteiger partial charge in [-0.15, -0.1) is 12.4 Å². The first kappa shape index (κ1) is 15.7. The third-order valence-corrected chi connectivity index (χ3v) is 3.68. The summed E-state index contributed by atoms with van der Waals surface area (Å²) in [6.45, 7) is 3.10. The Bertz CT molecular complexity index is 646. The molecule has 0 aliphatic carbocycles. The molecule has 2 aromatic rings. The quantitative estimate of drug-likeness (QED) is 0.939. The smallest absolute Gasteiger partial charge is 0.371 e. The van der Waals surface area contributed by atoms with Gasteiger partial charge in [0.2, 0.25) is 5.76 Å². The zero-order valence-corrected chi connectivity index (χ0v) is 12.6. The van der Waals surface area contributed by atoms with E-state index >= 15 is 0 Å². The van der Waals surface area contributed by atoms with Crippen LogP contribution in [0.1, 0.15) is 29.0 Å². The van der Waals surface area contributed by atoms with E-state index in [1.807, 2.05) is 12.1 Å². The summed E-state index contributed by atoms with van der Waals surface area (Å²) in [5, 5.41) is 9.78. The normalized spacial score (nSPS) is 15.1. The second-order valence-electron chi connectivity index (χ2n) is 5.12. The highest BCUT2D eigenvalue weighted by Gasteiger charge is 2.17. The van der Waals surface area contributed by atoms with Crippen molar-refractivity contribution < 1.29 is 19.1 Å². The number of carbonyl (C=O) groups is 1. The number of carboxylic acid groups (broad SMARTS) is 1. The highest BCUT2D eigenvalue weighted by Crippen LogP contribution is 2.31. The molecule has 0 unspecified atom stereocenters. The van der Waals surface area contributed by atoms with Crippen LogP contribution in [0, 0.1) is 0 Å². The average molecular weight is 312 g/mol. The fourth-order valence-electron chi connectivity index (χ4n) is 2.73. The van der Waals surface area contributed by atoms with E-state index in [9.17, 15) is 4.79 Å². The average Bonchev–Trinajstić information content (AvgIpc) is 3.06. The predicted molar refractivity (Wildman–Crippen MR) is 81.5 cm³/mol. The minimum atomic E-state index is -1.07. The van der Waals surface area contributed by atoms with Gasteiger partial charge in [-0.2, -0.15) is 0 Å². The van der Waals surface area contributed by atoms with Crippen molar-refractivity contribution in [1.82, 2.24) is 4.90 Å². The second kappa shape index (κ2) is 6.37. The molecule has 1 N–H and O–H groups in total. The van der Waals surface area contributed by atoms with Gasteiger partial charge in [0.1, 0.15) is 0 Å². The van der Waals surface area contributed by atoms with E-state index in [1.54, 1.807) is 13.2 Å². The molecule has 1 saturated heterocycles. The monoisotopic (exact) mass is 311 g/mol. The Morgan fingerprint density at radius 2 is 2.05 bits per heavy atom. The van der Waals surface area contributed by atoms with E-state index in [2.05, 4.69) is 4.90 Å². The van der Waals surface area contributed by atoms with E-state index in [-0.39, 0.29) is 18.2 Å². The lowest BCUT2D eigenvalue weighted by Crippen LogP contribution is -2.18. The van der Waals surface area contributed by atoms with Crippen LogP contribution >= 0.6 is 12.4 Å². The third kappa shape index (κ3) is 3.14. The molecule has 0 bridgehead atoms. The number of aromatic carboxylic acids is 1. The molecular weight excluding hydrogens is 294 g/mol. The number of likely N-dealkylation sites (tertiary alicyclic amines) is 1. The maximum atomic E-state index is 11.0. The van der Waals surface area contributed by atoms with Crippen LogP contribution in [0.5, 0.6) is 5.75 Å². The number of benzene rings is 1. The number of rotatable bonds is 4. The summed E-state index contributed by atoms with van der Waals surface area (Å²) >= 11 is 0. The minimum absolute atomic E-state index is 0. The molecule has 6 heteroatoms. The van der Waals surface area contributed by atoms with Gasteiger partial charge in [0, 0.05) is 11.9 Å². The summed E-state index contributed by atoms with van der Waals surface area (Å²) in [6, 6.07) is 5.45. The summed E-state index contributed by atoms with van der Waals surface area (Å²) < 4.78 is 10.7. The number of methoxy groups -OCH3 is 1. The number of fused-ring (bicyclic) bond motifs is 1. The van der Waals surface area contributed by atoms with Gasteiger partial charge in [-0.25, -0.2) is 4.79 Å². The van der Waals surface area contributed by atoms with Crippen molar-refractivity contribution in [3.05, 3.63) is 29.5 Å². The van der Waals surface area contributed by atoms with Crippen molar-refractivity contribution in [2.45, 2.75) is 19.4 Å². The van der Waals surface area contributed by atoms with Gasteiger partial charge in [-0.3, -0.25) is 4.90 Å². The van der Waals surface area contributed by atoms with Crippen molar-refractivity contribution in [3.63, 3.8) is 0 Å². The Kier molecular flexibility index (Phi) is 4.75. The fraction of sp³-hybridized carbons (Fsp3) is 0.400. The lowest BCUT2D eigenvalue weighted by Gasteiger charge is -2.15. The van der Waals surface area contributed by atoms with E-state index in [4.69, 9.17) is 14.3 Å². The van der Waals surface area contributed by atoms with Gasteiger partial charge < -0.3 is 14.3 Å². The Morgan fingerprint density at radius 1 is 1.33 bits per heavy atom. The van der Waals surface area contributed by atoms with Crippen LogP contribution in [-0.4, -0.2) is 36.2 Å². The Hall–Kier alpha value is -1.72. The molecule has 0 spiro atoms. The van der Waals surface area contributed by atoms with Crippen molar-refractivity contribution in [2.24, 2.45) is 0 Å². The molecule has 2 heterocycles. The molecule has 114 valence electrons. The summed E-state index contributed by atoms with van der Waals surface area (Å²) in [5.74, 6) is -0.537. The van der Waals surface area contributed by atoms with Gasteiger partial charge in [-0.05, 0) is 49.7 Å². The van der Waals surface area contributed by atoms with E-state index in [0.29, 0.717) is 11.3 Å². The second-order valence-corrected chi connectivity index (χ2v) is 5.12. The predicted octanol–water partition coefficient (Wildman–Crippen LogP) is 3.16. The van der Waals surface area contributed by atoms with Crippen LogP contribution < -0.4 is 4.74 Å². The number of ether oxygens (including phenoxy) is 1. The van der Waals surface area contributed by atoms with Crippen LogP contribution in [-0.2, 0) is 6.54 Å². The molecule has 1 fully saturated rings. The van der Waals surface area contributed by atoms with Crippen LogP contribution in [0.25, 0.3) is 11.0 Å². The molecule has 1 aliphatic heterocycles. The Morgan fingerprint density at radius 3 is 2.67 bits per heavy atom. The van der Waals surface area contributed by atoms with Crippen molar-refractivity contribution >= 4 is 29.3 Å². The number of halogens is 1. The first-order chi connectivity index (χ1) is 9.67. The van der Waals surface area contributed by atoms with Crippen molar-refractivity contribution in [3.8, 4) is 5.75 Å². The maximum absolute atomic E-state index is 11.0. The number of nitrogens with zero attached hydrogens (tertiary/aromatic N) is 1. The van der Waals surface area contributed by atoms with Crippen LogP contribution in [0.15, 0.2) is 22.6 Å². The lowest BCUT2D eigenvalue weighted by atomic mass is 10.1. The zero-order chi connectivity index (χ0) is 14.1. The van der Waals surface area contributed by atoms with Crippen molar-refractivity contribution in [2.75, 3.05) is 20.2 Å². The van der Waals surface area contributed by atoms with Crippen LogP contribution in [0.3, 0.4) is 0 Å². The van der Waals surface area contributed by atoms with Gasteiger partial charge in [0.15, 0.2) is 11.3 Å². The van der Waals surface area contributed by atoms with Gasteiger partial charge in [0.25, 0.3) is 0 Å². The third-order valence-electron chi connectivity index (χ3n) is 3.68. The summed E-state index contributed by atoms with van der Waals surface area (Å²) in [4.78, 5) is 13.4. The number of hydrogen-bond donors (Lipinski definition) is 1. The molecule has 0 atom stereocenters. The molecular formula is C15H18ClNO4. The van der Waals surface area contributed by atoms with Crippen LogP contribution in [0.2, 0.25) is 0 Å². The minimum Gasteiger partial charge on any atom is -0.493 e. The maximum Gasteiger partial charge on any atom is 0.371 e. The lowest BCUT2D eigenvalue weighted by molar-refractivity contribution is 0.0665. The van der Waals surface area contributed by atoms with E-state index < -0.39 is 5.97 Å². The standard InChI is InChI=1S/C15H17NO4.ClH/c1-19-12-7-10(9-16-4-2-3-5-16)6-11-8-13(15(17)18)20-14(11)12;/h6-8H,2-5,9H2,1H3,(H,17,18);1H. The highest BCUT2D eigenvalue weighted by molar-refractivity contribution is 5.93. The van der Waals surface area contributed by atoms with Crippen molar-refractivity contribution in [1.29, 1.82) is 0 Å². The molecule has 5 nitrogen and oxygen atoms in total. The van der Waals surface area contributed by atoms with Gasteiger partial charge in [-0.1, -0.05) is 0 Å². The van der Waals surface area contributed by atoms with Gasteiger partial charge >= 0.3 is 5.97 Å². The Balaban J connectivity index is 0.00000161. The molecule has 3 rings (SSSR count). The van der Waals surface area contributed by atoms with Gasteiger partial charge in [0.05, 0.1) is 7.11 Å². The first-order valence-electron chi connectivity index (χ1n) is 6.73. The van der Waals surface area contributed by atoms with Crippen LogP contribution in [0.4, 0.5) is 0 Å². The summed E-state index contributed by atoms with van der Waals surface area (Å²) in [6.07, 6.45) is 2.49. The van der Waals surface area contributed by atoms with E-state index in [1.165, 1.54) is 12.8 Å². The number of carboxylic acids is 1. The SMILES string of the molecule is COc1cc(CN2CCCC2)cc2cc(C(=O)O)oc12.Cl. The molecule has 1 aromatic heterocycles. The molecule has 1 aliphatic rings. The highest BCUT2D eigenvalue weighted by atomic mass is 35.5. The molecule has 0 radical (unpaired) electrons. The Labute approximate surface area is 128 Å². The van der Waals surface area contributed by atoms with E-state index in [0.717, 1.165) is 30.6 Å². The topological polar surface area (TPSA) is 62.9 Å². The molecule has 0 amide bonds.